The summed E-state index contributed by atoms with van der Waals surface area (Å²) in [6.07, 6.45) is 1.49. The Morgan fingerprint density at radius 3 is 2.63 bits per heavy atom. The molecule has 3 rings (SSSR count). The van der Waals surface area contributed by atoms with Gasteiger partial charge in [0.1, 0.15) is 5.75 Å². The van der Waals surface area contributed by atoms with Gasteiger partial charge in [0, 0.05) is 11.3 Å². The highest BCUT2D eigenvalue weighted by molar-refractivity contribution is 7.99. The number of phenolic OH excluding ortho intramolecular Hbond substituents is 1. The number of carbonyl (C=O) groups is 1. The van der Waals surface area contributed by atoms with Crippen molar-refractivity contribution in [3.05, 3.63) is 76.9 Å². The van der Waals surface area contributed by atoms with Crippen LogP contribution in [-0.2, 0) is 10.5 Å². The molecule has 138 valence electrons. The van der Waals surface area contributed by atoms with Gasteiger partial charge in [0.2, 0.25) is 5.91 Å². The maximum absolute atomic E-state index is 12.0. The average Bonchev–Trinajstić information content (AvgIpc) is 2.63. The minimum absolute atomic E-state index is 0.135. The van der Waals surface area contributed by atoms with E-state index >= 15 is 0 Å². The fourth-order valence-corrected chi connectivity index (χ4v) is 3.79. The fourth-order valence-electron chi connectivity index (χ4n) is 3.03. The van der Waals surface area contributed by atoms with Crippen molar-refractivity contribution in [2.75, 3.05) is 5.75 Å². The Morgan fingerprint density at radius 2 is 1.85 bits per heavy atom. The first-order chi connectivity index (χ1) is 13.0. The quantitative estimate of drug-likeness (QED) is 0.489. The van der Waals surface area contributed by atoms with E-state index in [2.05, 4.69) is 42.6 Å². The number of benzene rings is 3. The average molecular weight is 378 g/mol. The minimum Gasteiger partial charge on any atom is -0.507 e. The summed E-state index contributed by atoms with van der Waals surface area (Å²) in [6.45, 7) is 4.15. The van der Waals surface area contributed by atoms with Gasteiger partial charge in [-0.15, -0.1) is 11.8 Å². The summed E-state index contributed by atoms with van der Waals surface area (Å²) < 4.78 is 0. The molecule has 0 aliphatic rings. The first-order valence-electron chi connectivity index (χ1n) is 8.70. The maximum Gasteiger partial charge on any atom is 0.250 e. The van der Waals surface area contributed by atoms with Crippen LogP contribution in [0.2, 0.25) is 0 Å². The van der Waals surface area contributed by atoms with Crippen LogP contribution in [0.3, 0.4) is 0 Å². The van der Waals surface area contributed by atoms with Crippen molar-refractivity contribution in [2.45, 2.75) is 19.6 Å². The van der Waals surface area contributed by atoms with Gasteiger partial charge in [-0.05, 0) is 36.2 Å². The monoisotopic (exact) mass is 378 g/mol. The van der Waals surface area contributed by atoms with E-state index in [0.717, 1.165) is 16.5 Å². The predicted molar refractivity (Wildman–Crippen MR) is 113 cm³/mol. The van der Waals surface area contributed by atoms with Crippen molar-refractivity contribution in [3.8, 4) is 5.75 Å². The molecule has 3 aromatic carbocycles. The number of hydrogen-bond donors (Lipinski definition) is 2. The summed E-state index contributed by atoms with van der Waals surface area (Å²) in [6, 6.07) is 17.6. The van der Waals surface area contributed by atoms with E-state index in [9.17, 15) is 9.90 Å². The molecule has 3 aromatic rings. The SMILES string of the molecule is Cc1cc(C)cc(CSCC(=O)NN=Cc2c(O)ccc3ccccc23)c1. The Morgan fingerprint density at radius 1 is 1.11 bits per heavy atom. The third-order valence-electron chi connectivity index (χ3n) is 4.11. The lowest BCUT2D eigenvalue weighted by Gasteiger charge is -2.06. The van der Waals surface area contributed by atoms with Gasteiger partial charge in [-0.3, -0.25) is 4.79 Å². The molecule has 27 heavy (non-hydrogen) atoms. The largest absolute Gasteiger partial charge is 0.507 e. The van der Waals surface area contributed by atoms with Gasteiger partial charge in [-0.2, -0.15) is 5.10 Å². The van der Waals surface area contributed by atoms with Crippen LogP contribution in [-0.4, -0.2) is 23.0 Å². The molecular formula is C22H22N2O2S. The van der Waals surface area contributed by atoms with Gasteiger partial charge in [-0.25, -0.2) is 5.43 Å². The van der Waals surface area contributed by atoms with Gasteiger partial charge in [0.25, 0.3) is 0 Å². The van der Waals surface area contributed by atoms with Crippen LogP contribution in [0.4, 0.5) is 0 Å². The molecule has 0 saturated heterocycles. The smallest absolute Gasteiger partial charge is 0.250 e. The summed E-state index contributed by atoms with van der Waals surface area (Å²) in [5, 5.41) is 16.0. The molecule has 0 unspecified atom stereocenters. The number of hydrazone groups is 1. The molecule has 0 atom stereocenters. The van der Waals surface area contributed by atoms with Gasteiger partial charge < -0.3 is 5.11 Å². The highest BCUT2D eigenvalue weighted by Crippen LogP contribution is 2.25. The molecule has 0 bridgehead atoms. The zero-order valence-corrected chi connectivity index (χ0v) is 16.2. The molecule has 0 aliphatic carbocycles. The number of fused-ring (bicyclic) bond motifs is 1. The number of hydrogen-bond acceptors (Lipinski definition) is 4. The molecule has 5 heteroatoms. The van der Waals surface area contributed by atoms with Crippen LogP contribution in [0.1, 0.15) is 22.3 Å². The normalized spacial score (nSPS) is 11.2. The van der Waals surface area contributed by atoms with E-state index in [1.54, 1.807) is 17.8 Å². The summed E-state index contributed by atoms with van der Waals surface area (Å²) >= 11 is 1.55. The Hall–Kier alpha value is -2.79. The first kappa shape index (κ1) is 19.0. The first-order valence-corrected chi connectivity index (χ1v) is 9.86. The van der Waals surface area contributed by atoms with E-state index in [0.29, 0.717) is 11.3 Å². The van der Waals surface area contributed by atoms with E-state index in [1.807, 2.05) is 30.3 Å². The second kappa shape index (κ2) is 8.73. The van der Waals surface area contributed by atoms with Crippen molar-refractivity contribution >= 4 is 34.7 Å². The topological polar surface area (TPSA) is 61.7 Å². The molecule has 1 amide bonds. The number of phenols is 1. The summed E-state index contributed by atoms with van der Waals surface area (Å²) in [7, 11) is 0. The van der Waals surface area contributed by atoms with Crippen molar-refractivity contribution in [2.24, 2.45) is 5.10 Å². The van der Waals surface area contributed by atoms with Gasteiger partial charge in [0.05, 0.1) is 12.0 Å². The number of rotatable bonds is 6. The van der Waals surface area contributed by atoms with Crippen LogP contribution < -0.4 is 5.43 Å². The highest BCUT2D eigenvalue weighted by atomic mass is 32.2. The minimum atomic E-state index is -0.166. The predicted octanol–water partition coefficient (Wildman–Crippen LogP) is 4.55. The lowest BCUT2D eigenvalue weighted by molar-refractivity contribution is -0.118. The van der Waals surface area contributed by atoms with Crippen LogP contribution in [0.5, 0.6) is 5.75 Å². The molecule has 0 heterocycles. The van der Waals surface area contributed by atoms with Gasteiger partial charge >= 0.3 is 0 Å². The third-order valence-corrected chi connectivity index (χ3v) is 5.12. The number of aryl methyl sites for hydroxylation is 2. The highest BCUT2D eigenvalue weighted by Gasteiger charge is 2.05. The summed E-state index contributed by atoms with van der Waals surface area (Å²) in [5.74, 6) is 1.08. The van der Waals surface area contributed by atoms with E-state index in [1.165, 1.54) is 22.9 Å². The van der Waals surface area contributed by atoms with Gasteiger partial charge in [-0.1, -0.05) is 59.7 Å². The van der Waals surface area contributed by atoms with Crippen LogP contribution >= 0.6 is 11.8 Å². The number of carbonyl (C=O) groups excluding carboxylic acids is 1. The Balaban J connectivity index is 1.56. The van der Waals surface area contributed by atoms with Crippen LogP contribution in [0, 0.1) is 13.8 Å². The number of nitrogens with one attached hydrogen (secondary N) is 1. The summed E-state index contributed by atoms with van der Waals surface area (Å²) in [4.78, 5) is 12.0. The Kier molecular flexibility index (Phi) is 6.14. The number of nitrogens with zero attached hydrogens (tertiary/aromatic N) is 1. The Labute approximate surface area is 163 Å². The number of aromatic hydroxyl groups is 1. The Bertz CT molecular complexity index is 979. The zero-order chi connectivity index (χ0) is 19.2. The van der Waals surface area contributed by atoms with E-state index in [4.69, 9.17) is 0 Å². The molecule has 4 nitrogen and oxygen atoms in total. The van der Waals surface area contributed by atoms with Crippen LogP contribution in [0.25, 0.3) is 10.8 Å². The standard InChI is InChI=1S/C22H22N2O2S/c1-15-9-16(2)11-17(10-15)13-27-14-22(26)24-23-12-20-19-6-4-3-5-18(19)7-8-21(20)25/h3-12,25H,13-14H2,1-2H3,(H,24,26). The zero-order valence-electron chi connectivity index (χ0n) is 15.4. The third kappa shape index (κ3) is 5.11. The van der Waals surface area contributed by atoms with Crippen molar-refractivity contribution in [1.29, 1.82) is 0 Å². The van der Waals surface area contributed by atoms with Crippen molar-refractivity contribution < 1.29 is 9.90 Å². The second-order valence-electron chi connectivity index (χ2n) is 6.50. The molecule has 0 aromatic heterocycles. The molecule has 0 spiro atoms. The fraction of sp³-hybridized carbons (Fsp3) is 0.182. The van der Waals surface area contributed by atoms with Crippen molar-refractivity contribution in [1.82, 2.24) is 5.43 Å². The molecule has 2 N–H and O–H groups in total. The molecular weight excluding hydrogens is 356 g/mol. The number of amides is 1. The van der Waals surface area contributed by atoms with Crippen LogP contribution in [0.15, 0.2) is 59.7 Å². The summed E-state index contributed by atoms with van der Waals surface area (Å²) in [5.41, 5.74) is 6.80. The number of thioether (sulfide) groups is 1. The second-order valence-corrected chi connectivity index (χ2v) is 7.49. The maximum atomic E-state index is 12.0. The lowest BCUT2D eigenvalue weighted by atomic mass is 10.0. The molecule has 0 saturated carbocycles. The van der Waals surface area contributed by atoms with E-state index in [-0.39, 0.29) is 11.7 Å². The van der Waals surface area contributed by atoms with E-state index < -0.39 is 0 Å². The molecule has 0 aliphatic heterocycles. The molecule has 0 fully saturated rings. The molecule has 0 radical (unpaired) electrons. The lowest BCUT2D eigenvalue weighted by Crippen LogP contribution is -2.19. The van der Waals surface area contributed by atoms with Crippen molar-refractivity contribution in [3.63, 3.8) is 0 Å². The van der Waals surface area contributed by atoms with Gasteiger partial charge in [0.15, 0.2) is 0 Å².